The number of nitrogens with zero attached hydrogens (tertiary/aromatic N) is 5. The Balaban J connectivity index is 1.10. The lowest BCUT2D eigenvalue weighted by molar-refractivity contribution is 0.669. The molecule has 284 valence electrons. The predicted octanol–water partition coefficient (Wildman–Crippen LogP) is 14.1. The minimum Gasteiger partial charge on any atom is -0.456 e. The molecule has 13 aromatic rings. The third-order valence-corrected chi connectivity index (χ3v) is 12.2. The average Bonchev–Trinajstić information content (AvgIpc) is 3.99. The van der Waals surface area contributed by atoms with Crippen molar-refractivity contribution < 1.29 is 4.42 Å². The fraction of sp³-hybridized carbons (Fsp3) is 0. The van der Waals surface area contributed by atoms with E-state index in [1.807, 2.05) is 54.6 Å². The molecular weight excluding hydrogens is 747 g/mol. The minimum atomic E-state index is 0.546. The van der Waals surface area contributed by atoms with Crippen LogP contribution in [0.5, 0.6) is 0 Å². The zero-order valence-corrected chi connectivity index (χ0v) is 32.7. The highest BCUT2D eigenvalue weighted by molar-refractivity contribution is 6.33. The maximum atomic E-state index is 6.34. The van der Waals surface area contributed by atoms with E-state index in [-0.39, 0.29) is 0 Å². The van der Waals surface area contributed by atoms with Crippen LogP contribution >= 0.6 is 0 Å². The van der Waals surface area contributed by atoms with Crippen LogP contribution in [0.25, 0.3) is 122 Å². The summed E-state index contributed by atoms with van der Waals surface area (Å²) in [4.78, 5) is 15.7. The van der Waals surface area contributed by atoms with E-state index in [9.17, 15) is 0 Å². The molecule has 0 aliphatic carbocycles. The number of rotatable bonds is 5. The van der Waals surface area contributed by atoms with Gasteiger partial charge >= 0.3 is 0 Å². The Morgan fingerprint density at radius 1 is 0.328 bits per heavy atom. The van der Waals surface area contributed by atoms with Gasteiger partial charge in [0.1, 0.15) is 11.2 Å². The summed E-state index contributed by atoms with van der Waals surface area (Å²) < 4.78 is 11.0. The van der Waals surface area contributed by atoms with Gasteiger partial charge in [-0.05, 0) is 76.5 Å². The van der Waals surface area contributed by atoms with Crippen LogP contribution in [0.1, 0.15) is 0 Å². The molecule has 0 aliphatic rings. The van der Waals surface area contributed by atoms with Gasteiger partial charge in [-0.1, -0.05) is 146 Å². The summed E-state index contributed by atoms with van der Waals surface area (Å²) in [5.41, 5.74) is 11.2. The van der Waals surface area contributed by atoms with Crippen molar-refractivity contribution in [1.29, 1.82) is 0 Å². The first kappa shape index (κ1) is 33.6. The SMILES string of the molecule is c1ccc(-c2ccc(-n3c4ccc5ccccc5c4c4c5c6ccccc6n(-c6nc(-c7ccccc7)nc(-c7ccc8c(c7)oc7ccccc78)n6)c5ccc43)cc2)cc1. The highest BCUT2D eigenvalue weighted by atomic mass is 16.3. The van der Waals surface area contributed by atoms with Gasteiger partial charge in [-0.3, -0.25) is 4.57 Å². The first-order valence-corrected chi connectivity index (χ1v) is 20.5. The van der Waals surface area contributed by atoms with E-state index < -0.39 is 0 Å². The minimum absolute atomic E-state index is 0.546. The molecule has 0 saturated heterocycles. The molecule has 0 radical (unpaired) electrons. The van der Waals surface area contributed by atoms with Crippen LogP contribution in [0, 0.1) is 0 Å². The molecule has 9 aromatic carbocycles. The maximum absolute atomic E-state index is 6.34. The number of aromatic nitrogens is 5. The molecule has 0 fully saturated rings. The molecule has 0 bridgehead atoms. The lowest BCUT2D eigenvalue weighted by Gasteiger charge is -2.11. The number of fused-ring (bicyclic) bond motifs is 12. The third kappa shape index (κ3) is 5.12. The number of hydrogen-bond acceptors (Lipinski definition) is 4. The third-order valence-electron chi connectivity index (χ3n) is 12.2. The van der Waals surface area contributed by atoms with Crippen molar-refractivity contribution in [3.63, 3.8) is 0 Å². The first-order chi connectivity index (χ1) is 30.2. The zero-order valence-electron chi connectivity index (χ0n) is 32.7. The van der Waals surface area contributed by atoms with Crippen molar-refractivity contribution in [3.05, 3.63) is 200 Å². The topological polar surface area (TPSA) is 61.7 Å². The molecule has 0 aliphatic heterocycles. The van der Waals surface area contributed by atoms with Crippen LogP contribution in [-0.4, -0.2) is 24.1 Å². The van der Waals surface area contributed by atoms with Gasteiger partial charge in [-0.25, -0.2) is 4.98 Å². The van der Waals surface area contributed by atoms with Crippen molar-refractivity contribution in [1.82, 2.24) is 24.1 Å². The van der Waals surface area contributed by atoms with Crippen LogP contribution in [-0.2, 0) is 0 Å². The quantitative estimate of drug-likeness (QED) is 0.175. The average molecular weight is 780 g/mol. The molecule has 0 amide bonds. The molecule has 4 heterocycles. The van der Waals surface area contributed by atoms with Gasteiger partial charge in [0.15, 0.2) is 11.6 Å². The van der Waals surface area contributed by atoms with E-state index in [0.717, 1.165) is 71.6 Å². The Hall–Kier alpha value is -8.35. The Morgan fingerprint density at radius 2 is 0.885 bits per heavy atom. The van der Waals surface area contributed by atoms with Crippen LogP contribution in [0.3, 0.4) is 0 Å². The second-order valence-corrected chi connectivity index (χ2v) is 15.6. The van der Waals surface area contributed by atoms with E-state index in [0.29, 0.717) is 17.6 Å². The fourth-order valence-electron chi connectivity index (χ4n) is 9.43. The molecular formula is C55H33N5O. The van der Waals surface area contributed by atoms with E-state index >= 15 is 0 Å². The Labute approximate surface area is 349 Å². The van der Waals surface area contributed by atoms with Crippen molar-refractivity contribution in [2.45, 2.75) is 0 Å². The molecule has 13 rings (SSSR count). The number of furan rings is 1. The summed E-state index contributed by atoms with van der Waals surface area (Å²) in [5, 5.41) is 9.24. The van der Waals surface area contributed by atoms with Crippen molar-refractivity contribution in [2.75, 3.05) is 0 Å². The van der Waals surface area contributed by atoms with Gasteiger partial charge in [0, 0.05) is 49.1 Å². The standard InChI is InChI=1S/C55H33N5O/c1-3-13-34(14-4-1)35-23-27-39(28-24-35)59-45-30-26-36-15-7-8-18-40(36)50(45)52-47(59)32-31-46-51(52)43-20-9-11-21-44(43)60(46)55-57-53(37-16-5-2-6-17-37)56-54(58-55)38-25-29-42-41-19-10-12-22-48(41)61-49(42)33-38/h1-33H. The van der Waals surface area contributed by atoms with Crippen molar-refractivity contribution in [3.8, 4) is 45.5 Å². The second-order valence-electron chi connectivity index (χ2n) is 15.6. The molecule has 6 nitrogen and oxygen atoms in total. The Bertz CT molecular complexity index is 3860. The van der Waals surface area contributed by atoms with E-state index in [2.05, 4.69) is 155 Å². The summed E-state index contributed by atoms with van der Waals surface area (Å²) in [5.74, 6) is 1.71. The van der Waals surface area contributed by atoms with Crippen LogP contribution in [0.15, 0.2) is 205 Å². The molecule has 0 N–H and O–H groups in total. The lowest BCUT2D eigenvalue weighted by atomic mass is 10.0. The van der Waals surface area contributed by atoms with E-state index in [1.54, 1.807) is 0 Å². The van der Waals surface area contributed by atoms with Crippen molar-refractivity contribution in [2.24, 2.45) is 0 Å². The van der Waals surface area contributed by atoms with E-state index in [1.165, 1.54) is 32.7 Å². The summed E-state index contributed by atoms with van der Waals surface area (Å²) >= 11 is 0. The van der Waals surface area contributed by atoms with Gasteiger partial charge in [0.2, 0.25) is 5.95 Å². The summed E-state index contributed by atoms with van der Waals surface area (Å²) in [6.45, 7) is 0. The van der Waals surface area contributed by atoms with Crippen LogP contribution < -0.4 is 0 Å². The van der Waals surface area contributed by atoms with Crippen molar-refractivity contribution >= 4 is 76.3 Å². The van der Waals surface area contributed by atoms with Gasteiger partial charge in [-0.15, -0.1) is 0 Å². The molecule has 4 aromatic heterocycles. The lowest BCUT2D eigenvalue weighted by Crippen LogP contribution is -2.06. The molecule has 6 heteroatoms. The summed E-state index contributed by atoms with van der Waals surface area (Å²) in [7, 11) is 0. The second kappa shape index (κ2) is 13.1. The highest BCUT2D eigenvalue weighted by Gasteiger charge is 2.24. The maximum Gasteiger partial charge on any atom is 0.238 e. The normalized spacial score (nSPS) is 11.9. The van der Waals surface area contributed by atoms with Gasteiger partial charge in [0.25, 0.3) is 0 Å². The molecule has 0 unspecified atom stereocenters. The number of benzene rings is 9. The molecule has 0 atom stereocenters. The number of hydrogen-bond donors (Lipinski definition) is 0. The molecule has 61 heavy (non-hydrogen) atoms. The van der Waals surface area contributed by atoms with Crippen LogP contribution in [0.4, 0.5) is 0 Å². The predicted molar refractivity (Wildman–Crippen MR) is 250 cm³/mol. The fourth-order valence-corrected chi connectivity index (χ4v) is 9.43. The zero-order chi connectivity index (χ0) is 40.0. The van der Waals surface area contributed by atoms with E-state index in [4.69, 9.17) is 19.4 Å². The first-order valence-electron chi connectivity index (χ1n) is 20.5. The van der Waals surface area contributed by atoms with Gasteiger partial charge in [-0.2, -0.15) is 9.97 Å². The van der Waals surface area contributed by atoms with Gasteiger partial charge < -0.3 is 8.98 Å². The smallest absolute Gasteiger partial charge is 0.238 e. The van der Waals surface area contributed by atoms with Gasteiger partial charge in [0.05, 0.1) is 22.1 Å². The largest absolute Gasteiger partial charge is 0.456 e. The Kier molecular flexibility index (Phi) is 7.21. The monoisotopic (exact) mass is 779 g/mol. The molecule has 0 saturated carbocycles. The summed E-state index contributed by atoms with van der Waals surface area (Å²) in [6.07, 6.45) is 0. The number of para-hydroxylation sites is 2. The Morgan fingerprint density at radius 3 is 1.69 bits per heavy atom. The highest BCUT2D eigenvalue weighted by Crippen LogP contribution is 2.44. The van der Waals surface area contributed by atoms with Crippen LogP contribution in [0.2, 0.25) is 0 Å². The summed E-state index contributed by atoms with van der Waals surface area (Å²) in [6, 6.07) is 70.4. The molecule has 0 spiro atoms.